The predicted molar refractivity (Wildman–Crippen MR) is 121 cm³/mol. The Bertz CT molecular complexity index is 983. The highest BCUT2D eigenvalue weighted by atomic mass is 16.5. The van der Waals surface area contributed by atoms with Gasteiger partial charge in [0.1, 0.15) is 11.5 Å². The number of carbonyl (C=O) groups excluding carboxylic acids is 2. The summed E-state index contributed by atoms with van der Waals surface area (Å²) < 4.78 is 11.0. The molecule has 0 heterocycles. The highest BCUT2D eigenvalue weighted by Gasteiger charge is 2.28. The van der Waals surface area contributed by atoms with Gasteiger partial charge >= 0.3 is 0 Å². The summed E-state index contributed by atoms with van der Waals surface area (Å²) in [5, 5.41) is 0. The van der Waals surface area contributed by atoms with Crippen molar-refractivity contribution < 1.29 is 19.1 Å². The average Bonchev–Trinajstić information content (AvgIpc) is 2.74. The lowest BCUT2D eigenvalue weighted by Crippen LogP contribution is -2.15. The van der Waals surface area contributed by atoms with Crippen LogP contribution in [0, 0.1) is 0 Å². The van der Waals surface area contributed by atoms with Crippen LogP contribution >= 0.6 is 0 Å². The van der Waals surface area contributed by atoms with Crippen molar-refractivity contribution in [1.29, 1.82) is 0 Å². The van der Waals surface area contributed by atoms with Gasteiger partial charge in [0.05, 0.1) is 14.2 Å². The number of methoxy groups -OCH3 is 2. The normalized spacial score (nSPS) is 13.5. The van der Waals surface area contributed by atoms with Gasteiger partial charge in [-0.1, -0.05) is 0 Å². The van der Waals surface area contributed by atoms with Crippen molar-refractivity contribution >= 4 is 34.1 Å². The van der Waals surface area contributed by atoms with Crippen molar-refractivity contribution in [2.75, 3.05) is 52.2 Å². The predicted octanol–water partition coefficient (Wildman–Crippen LogP) is 3.45. The van der Waals surface area contributed by atoms with Crippen LogP contribution < -0.4 is 19.3 Å². The van der Waals surface area contributed by atoms with Crippen LogP contribution in [0.1, 0.15) is 11.1 Å². The molecule has 0 saturated carbocycles. The maximum Gasteiger partial charge on any atom is 0.194 e. The second-order valence-electron chi connectivity index (χ2n) is 7.41. The van der Waals surface area contributed by atoms with E-state index >= 15 is 0 Å². The Balaban J connectivity index is 2.08. The third kappa shape index (κ3) is 3.94. The molecule has 0 unspecified atom stereocenters. The Morgan fingerprint density at radius 3 is 1.40 bits per heavy atom. The molecule has 156 valence electrons. The number of ether oxygens (including phenoxy) is 2. The van der Waals surface area contributed by atoms with E-state index < -0.39 is 0 Å². The molecule has 0 amide bonds. The number of nitrogens with zero attached hydrogens (tertiary/aromatic N) is 2. The summed E-state index contributed by atoms with van der Waals surface area (Å²) in [6.07, 6.45) is 2.72. The second kappa shape index (κ2) is 8.45. The van der Waals surface area contributed by atoms with Crippen LogP contribution in [0.4, 0.5) is 11.4 Å². The number of rotatable bonds is 6. The molecule has 0 aromatic heterocycles. The largest absolute Gasteiger partial charge is 0.496 e. The number of hydrogen-bond donors (Lipinski definition) is 0. The molecule has 0 spiro atoms. The number of allylic oxidation sites excluding steroid dienone is 4. The highest BCUT2D eigenvalue weighted by Crippen LogP contribution is 2.38. The SMILES string of the molecule is COc1cc(N(C)C)ccc1C1=CC(=O)C=C(c2ccc(N(C)C)cc2OC)C1=O. The van der Waals surface area contributed by atoms with Gasteiger partial charge in [-0.2, -0.15) is 0 Å². The van der Waals surface area contributed by atoms with Crippen LogP contribution in [0.2, 0.25) is 0 Å². The van der Waals surface area contributed by atoms with Crippen LogP contribution in [0.5, 0.6) is 11.5 Å². The summed E-state index contributed by atoms with van der Waals surface area (Å²) in [5.74, 6) is 0.563. The fraction of sp³-hybridized carbons (Fsp3) is 0.250. The number of carbonyl (C=O) groups is 2. The van der Waals surface area contributed by atoms with Crippen molar-refractivity contribution in [2.24, 2.45) is 0 Å². The highest BCUT2D eigenvalue weighted by molar-refractivity contribution is 6.48. The minimum Gasteiger partial charge on any atom is -0.496 e. The van der Waals surface area contributed by atoms with Gasteiger partial charge in [-0.3, -0.25) is 9.59 Å². The van der Waals surface area contributed by atoms with Crippen LogP contribution in [0.15, 0.2) is 48.6 Å². The zero-order chi connectivity index (χ0) is 22.0. The second-order valence-corrected chi connectivity index (χ2v) is 7.41. The molecule has 1 aliphatic carbocycles. The molecular formula is C24H26N2O4. The molecule has 6 heteroatoms. The van der Waals surface area contributed by atoms with Crippen LogP contribution in [0.25, 0.3) is 11.1 Å². The van der Waals surface area contributed by atoms with Crippen LogP contribution in [0.3, 0.4) is 0 Å². The summed E-state index contributed by atoms with van der Waals surface area (Å²) >= 11 is 0. The van der Waals surface area contributed by atoms with E-state index in [0.717, 1.165) is 11.4 Å². The molecule has 2 aromatic carbocycles. The monoisotopic (exact) mass is 406 g/mol. The molecule has 0 N–H and O–H groups in total. The smallest absolute Gasteiger partial charge is 0.194 e. The van der Waals surface area contributed by atoms with E-state index in [1.54, 1.807) is 26.4 Å². The first-order valence-electron chi connectivity index (χ1n) is 9.50. The summed E-state index contributed by atoms with van der Waals surface area (Å²) in [4.78, 5) is 29.8. The summed E-state index contributed by atoms with van der Waals surface area (Å²) in [6, 6.07) is 11.1. The first kappa shape index (κ1) is 21.2. The Morgan fingerprint density at radius 1 is 0.667 bits per heavy atom. The number of benzene rings is 2. The molecule has 30 heavy (non-hydrogen) atoms. The van der Waals surface area contributed by atoms with Gasteiger partial charge in [0, 0.05) is 74.0 Å². The van der Waals surface area contributed by atoms with E-state index in [1.165, 1.54) is 12.2 Å². The first-order chi connectivity index (χ1) is 14.3. The van der Waals surface area contributed by atoms with Crippen molar-refractivity contribution in [1.82, 2.24) is 0 Å². The van der Waals surface area contributed by atoms with E-state index in [4.69, 9.17) is 9.47 Å². The Labute approximate surface area is 177 Å². The standard InChI is InChI=1S/C24H26N2O4/c1-25(2)15-7-9-18(22(11-15)29-5)20-13-17(27)14-21(24(20)28)19-10-8-16(26(3)4)12-23(19)30-6/h7-14H,1-6H3. The van der Waals surface area contributed by atoms with Crippen LogP contribution in [-0.4, -0.2) is 54.0 Å². The molecular weight excluding hydrogens is 380 g/mol. The zero-order valence-electron chi connectivity index (χ0n) is 18.1. The first-order valence-corrected chi connectivity index (χ1v) is 9.50. The minimum absolute atomic E-state index is 0.249. The fourth-order valence-corrected chi connectivity index (χ4v) is 3.36. The number of ketones is 2. The zero-order valence-corrected chi connectivity index (χ0v) is 18.1. The molecule has 0 saturated heterocycles. The van der Waals surface area contributed by atoms with Gasteiger partial charge in [-0.15, -0.1) is 0 Å². The maximum atomic E-state index is 13.4. The van der Waals surface area contributed by atoms with E-state index in [0.29, 0.717) is 33.8 Å². The summed E-state index contributed by atoms with van der Waals surface area (Å²) in [7, 11) is 10.8. The van der Waals surface area contributed by atoms with Gasteiger partial charge in [0.2, 0.25) is 0 Å². The molecule has 0 aliphatic heterocycles. The molecule has 3 rings (SSSR count). The van der Waals surface area contributed by atoms with Crippen molar-refractivity contribution in [3.05, 3.63) is 59.7 Å². The molecule has 2 aromatic rings. The third-order valence-electron chi connectivity index (χ3n) is 5.05. The van der Waals surface area contributed by atoms with E-state index in [2.05, 4.69) is 0 Å². The third-order valence-corrected chi connectivity index (χ3v) is 5.05. The van der Waals surface area contributed by atoms with Crippen LogP contribution in [-0.2, 0) is 9.59 Å². The Morgan fingerprint density at radius 2 is 1.07 bits per heavy atom. The van der Waals surface area contributed by atoms with Gasteiger partial charge in [0.15, 0.2) is 11.6 Å². The maximum absolute atomic E-state index is 13.4. The van der Waals surface area contributed by atoms with E-state index in [-0.39, 0.29) is 11.6 Å². The van der Waals surface area contributed by atoms with Gasteiger partial charge in [0.25, 0.3) is 0 Å². The molecule has 0 bridgehead atoms. The number of Topliss-reactive ketones (excluding diaryl/α,β-unsaturated/α-hetero) is 1. The van der Waals surface area contributed by atoms with Crippen molar-refractivity contribution in [3.8, 4) is 11.5 Å². The van der Waals surface area contributed by atoms with Crippen molar-refractivity contribution in [2.45, 2.75) is 0 Å². The molecule has 0 radical (unpaired) electrons. The summed E-state index contributed by atoms with van der Waals surface area (Å²) in [5.41, 5.74) is 3.63. The van der Waals surface area contributed by atoms with Gasteiger partial charge < -0.3 is 19.3 Å². The summed E-state index contributed by atoms with van der Waals surface area (Å²) in [6.45, 7) is 0. The number of hydrogen-bond acceptors (Lipinski definition) is 6. The molecule has 6 nitrogen and oxygen atoms in total. The molecule has 0 atom stereocenters. The Hall–Kier alpha value is -3.54. The topological polar surface area (TPSA) is 59.1 Å². The lowest BCUT2D eigenvalue weighted by atomic mass is 9.86. The Kier molecular flexibility index (Phi) is 5.96. The van der Waals surface area contributed by atoms with E-state index in [9.17, 15) is 9.59 Å². The van der Waals surface area contributed by atoms with Gasteiger partial charge in [-0.05, 0) is 36.4 Å². The molecule has 1 aliphatic rings. The quantitative estimate of drug-likeness (QED) is 0.685. The van der Waals surface area contributed by atoms with Crippen molar-refractivity contribution in [3.63, 3.8) is 0 Å². The minimum atomic E-state index is -0.253. The number of anilines is 2. The lowest BCUT2D eigenvalue weighted by Gasteiger charge is -2.21. The van der Waals surface area contributed by atoms with E-state index in [1.807, 2.05) is 62.3 Å². The molecule has 0 fully saturated rings. The van der Waals surface area contributed by atoms with Gasteiger partial charge in [-0.25, -0.2) is 0 Å². The fourth-order valence-electron chi connectivity index (χ4n) is 3.36. The lowest BCUT2D eigenvalue weighted by molar-refractivity contribution is -0.112. The average molecular weight is 406 g/mol.